The molecule has 3 heterocycles. The first-order valence-corrected chi connectivity index (χ1v) is 22.3. The van der Waals surface area contributed by atoms with E-state index in [9.17, 15) is 33.9 Å². The van der Waals surface area contributed by atoms with Crippen molar-refractivity contribution in [2.24, 2.45) is 28.1 Å². The molecular weight excluding hydrogens is 871 g/mol. The van der Waals surface area contributed by atoms with E-state index in [-0.39, 0.29) is 51.0 Å². The van der Waals surface area contributed by atoms with Crippen LogP contribution in [0.15, 0.2) is 109 Å². The number of nitrogens with one attached hydrogen (secondary N) is 8. The molecule has 15 N–H and O–H groups in total. The van der Waals surface area contributed by atoms with E-state index in [1.807, 2.05) is 48.5 Å². The molecule has 0 saturated heterocycles. The van der Waals surface area contributed by atoms with Crippen LogP contribution in [-0.2, 0) is 54.5 Å². The van der Waals surface area contributed by atoms with Gasteiger partial charge in [0.2, 0.25) is 29.5 Å². The third kappa shape index (κ3) is 13.5. The number of hydrogen-bond acceptors (Lipinski definition) is 9. The van der Waals surface area contributed by atoms with Gasteiger partial charge in [0.1, 0.15) is 30.2 Å². The minimum Gasteiger partial charge on any atom is -0.480 e. The predicted molar refractivity (Wildman–Crippen MR) is 256 cm³/mol. The van der Waals surface area contributed by atoms with Crippen molar-refractivity contribution in [2.75, 3.05) is 6.54 Å². The number of aromatic amines is 3. The maximum absolute atomic E-state index is 14.6. The number of fused-ring (bicyclic) bond motifs is 2. The number of carbonyl (C=O) groups is 6. The molecule has 6 rings (SSSR count). The van der Waals surface area contributed by atoms with Crippen molar-refractivity contribution in [1.82, 2.24) is 46.5 Å². The minimum absolute atomic E-state index is 0.0114. The van der Waals surface area contributed by atoms with E-state index < -0.39 is 77.7 Å². The van der Waals surface area contributed by atoms with E-state index in [1.54, 1.807) is 56.6 Å². The van der Waals surface area contributed by atoms with Gasteiger partial charge in [-0.3, -0.25) is 29.0 Å². The molecule has 20 nitrogen and oxygen atoms in total. The molecule has 0 aliphatic carbocycles. The van der Waals surface area contributed by atoms with Crippen molar-refractivity contribution >= 4 is 63.3 Å². The monoisotopic (exact) mass is 929 g/mol. The first-order valence-electron chi connectivity index (χ1n) is 22.3. The summed E-state index contributed by atoms with van der Waals surface area (Å²) in [6.07, 6.45) is 6.59. The third-order valence-corrected chi connectivity index (χ3v) is 11.5. The van der Waals surface area contributed by atoms with Crippen molar-refractivity contribution < 1.29 is 33.9 Å². The summed E-state index contributed by atoms with van der Waals surface area (Å²) < 4.78 is 0. The molecule has 0 aliphatic heterocycles. The molecule has 3 aromatic heterocycles. The van der Waals surface area contributed by atoms with E-state index in [0.717, 1.165) is 27.4 Å². The van der Waals surface area contributed by atoms with Crippen molar-refractivity contribution in [1.29, 1.82) is 0 Å². The van der Waals surface area contributed by atoms with E-state index in [4.69, 9.17) is 17.2 Å². The van der Waals surface area contributed by atoms with Gasteiger partial charge in [0.25, 0.3) is 0 Å². The Balaban J connectivity index is 1.23. The van der Waals surface area contributed by atoms with Crippen LogP contribution < -0.4 is 43.8 Å². The summed E-state index contributed by atoms with van der Waals surface area (Å²) in [5.41, 5.74) is 21.8. The van der Waals surface area contributed by atoms with Crippen LogP contribution >= 0.6 is 0 Å². The fourth-order valence-electron chi connectivity index (χ4n) is 7.88. The first kappa shape index (κ1) is 49.4. The zero-order valence-corrected chi connectivity index (χ0v) is 37.8. The number of rotatable bonds is 24. The zero-order valence-electron chi connectivity index (χ0n) is 37.8. The second-order valence-electron chi connectivity index (χ2n) is 17.0. The summed E-state index contributed by atoms with van der Waals surface area (Å²) in [5.74, 6) is -5.46. The predicted octanol–water partition coefficient (Wildman–Crippen LogP) is 1.19. The minimum atomic E-state index is -1.35. The van der Waals surface area contributed by atoms with Crippen molar-refractivity contribution in [3.63, 3.8) is 0 Å². The van der Waals surface area contributed by atoms with E-state index in [2.05, 4.69) is 51.5 Å². The van der Waals surface area contributed by atoms with Gasteiger partial charge in [-0.1, -0.05) is 80.6 Å². The lowest BCUT2D eigenvalue weighted by Gasteiger charge is -2.28. The summed E-state index contributed by atoms with van der Waals surface area (Å²) >= 11 is 0. The molecule has 0 radical (unpaired) electrons. The molecule has 20 heteroatoms. The van der Waals surface area contributed by atoms with Gasteiger partial charge in [0.05, 0.1) is 12.4 Å². The second kappa shape index (κ2) is 23.4. The summed E-state index contributed by atoms with van der Waals surface area (Å²) in [6, 6.07) is 16.3. The van der Waals surface area contributed by atoms with Crippen molar-refractivity contribution in [3.05, 3.63) is 126 Å². The number of guanidine groups is 1. The highest BCUT2D eigenvalue weighted by Gasteiger charge is 2.34. The molecule has 0 bridgehead atoms. The van der Waals surface area contributed by atoms with E-state index in [1.165, 1.54) is 12.5 Å². The molecule has 6 aromatic rings. The number of carboxylic acid groups (broad SMARTS) is 1. The number of nitrogens with zero attached hydrogens (tertiary/aromatic N) is 2. The number of carboxylic acids is 1. The number of imidazole rings is 1. The molecule has 358 valence electrons. The number of nitrogens with two attached hydrogens (primary N) is 3. The second-order valence-corrected chi connectivity index (χ2v) is 17.0. The first-order chi connectivity index (χ1) is 32.7. The molecule has 0 fully saturated rings. The van der Waals surface area contributed by atoms with Crippen LogP contribution in [0.25, 0.3) is 21.8 Å². The number of benzene rings is 3. The average molecular weight is 930 g/mol. The summed E-state index contributed by atoms with van der Waals surface area (Å²) in [6.45, 7) is 3.59. The number of aliphatic imine (C=N–C) groups is 1. The Bertz CT molecular complexity index is 2690. The van der Waals surface area contributed by atoms with Gasteiger partial charge in [0.15, 0.2) is 5.96 Å². The highest BCUT2D eigenvalue weighted by atomic mass is 16.4. The molecular formula is C48H59N13O7. The SMILES string of the molecule is CC(C)[C@H](NC(=O)[C@@H](N)Cc1c[nH]c2ccccc12)C(=O)N[C@@H](CCCN=C(N)N)C(=O)N[C@@H](Cc1c[nH]c2ccccc12)C(=O)N[C@@H](Cc1cnc[nH]1)C(=O)N[C@@H](Cc1ccccc1)C(=O)O. The van der Waals surface area contributed by atoms with Crippen molar-refractivity contribution in [2.45, 2.75) is 88.6 Å². The zero-order chi connectivity index (χ0) is 48.7. The highest BCUT2D eigenvalue weighted by Crippen LogP contribution is 2.21. The molecule has 6 atom stereocenters. The number of carbonyl (C=O) groups excluding carboxylic acids is 5. The third-order valence-electron chi connectivity index (χ3n) is 11.5. The van der Waals surface area contributed by atoms with Crippen LogP contribution in [0.1, 0.15) is 49.1 Å². The summed E-state index contributed by atoms with van der Waals surface area (Å²) in [7, 11) is 0. The number of H-pyrrole nitrogens is 3. The van der Waals surface area contributed by atoms with Crippen LogP contribution in [0, 0.1) is 5.92 Å². The fraction of sp³-hybridized carbons (Fsp3) is 0.333. The number of para-hydroxylation sites is 2. The van der Waals surface area contributed by atoms with Gasteiger partial charge >= 0.3 is 5.97 Å². The maximum atomic E-state index is 14.6. The van der Waals surface area contributed by atoms with Gasteiger partial charge < -0.3 is 63.8 Å². The topological polar surface area (TPSA) is 333 Å². The Labute approximate surface area is 392 Å². The Morgan fingerprint density at radius 3 is 1.75 bits per heavy atom. The lowest BCUT2D eigenvalue weighted by atomic mass is 9.99. The lowest BCUT2D eigenvalue weighted by Crippen LogP contribution is -2.60. The number of aromatic nitrogens is 4. The normalized spacial score (nSPS) is 13.9. The molecule has 0 unspecified atom stereocenters. The molecule has 3 aromatic carbocycles. The Morgan fingerprint density at radius 1 is 0.632 bits per heavy atom. The molecule has 0 saturated carbocycles. The largest absolute Gasteiger partial charge is 0.480 e. The average Bonchev–Trinajstić information content (AvgIpc) is 4.09. The molecule has 68 heavy (non-hydrogen) atoms. The quantitative estimate of drug-likeness (QED) is 0.0232. The highest BCUT2D eigenvalue weighted by molar-refractivity contribution is 5.97. The van der Waals surface area contributed by atoms with Crippen LogP contribution in [0.2, 0.25) is 0 Å². The van der Waals surface area contributed by atoms with Crippen LogP contribution in [0.4, 0.5) is 0 Å². The standard InChI is InChI=1S/C48H59N13O7/c1-27(2)41(61-42(62)34(49)20-29-23-54-35-15-8-6-13-32(29)35)46(66)57-37(17-10-18-53-48(50)51)43(63)58-38(21-30-24-55-36-16-9-7-14-33(30)36)44(64)59-39(22-31-25-52-26-56-31)45(65)60-40(47(67)68)19-28-11-4-3-5-12-28/h3-9,11-16,23-27,34,37-41,54-55H,10,17-22,49H2,1-2H3,(H,52,56)(H,57,66)(H,58,63)(H,59,64)(H,60,65)(H,61,62)(H,67,68)(H4,50,51,53)/t34-,37-,38-,39-,40-,41-/m0/s1. The van der Waals surface area contributed by atoms with Crippen LogP contribution in [-0.4, -0.2) is 109 Å². The molecule has 5 amide bonds. The maximum Gasteiger partial charge on any atom is 0.326 e. The van der Waals surface area contributed by atoms with Gasteiger partial charge in [-0.15, -0.1) is 0 Å². The lowest BCUT2D eigenvalue weighted by molar-refractivity contribution is -0.142. The van der Waals surface area contributed by atoms with Gasteiger partial charge in [-0.2, -0.15) is 0 Å². The van der Waals surface area contributed by atoms with Gasteiger partial charge in [-0.05, 0) is 54.0 Å². The Morgan fingerprint density at radius 2 is 1.18 bits per heavy atom. The molecule has 0 spiro atoms. The van der Waals surface area contributed by atoms with Crippen LogP contribution in [0.5, 0.6) is 0 Å². The summed E-state index contributed by atoms with van der Waals surface area (Å²) in [4.78, 5) is 100. The molecule has 0 aliphatic rings. The van der Waals surface area contributed by atoms with E-state index >= 15 is 0 Å². The number of aliphatic carboxylic acids is 1. The Hall–Kier alpha value is -8.00. The Kier molecular flexibility index (Phi) is 17.0. The number of hydrogen-bond donors (Lipinski definition) is 12. The van der Waals surface area contributed by atoms with Crippen LogP contribution in [0.3, 0.4) is 0 Å². The number of amides is 5. The van der Waals surface area contributed by atoms with Crippen molar-refractivity contribution in [3.8, 4) is 0 Å². The van der Waals surface area contributed by atoms with Gasteiger partial charge in [0, 0.05) is 71.9 Å². The summed E-state index contributed by atoms with van der Waals surface area (Å²) in [5, 5.41) is 25.5. The van der Waals surface area contributed by atoms with Gasteiger partial charge in [-0.25, -0.2) is 9.78 Å². The fourth-order valence-corrected chi connectivity index (χ4v) is 7.88. The smallest absolute Gasteiger partial charge is 0.326 e. The van der Waals surface area contributed by atoms with E-state index in [0.29, 0.717) is 16.8 Å².